The highest BCUT2D eigenvalue weighted by molar-refractivity contribution is 7.09. The molecule has 8 heteroatoms. The molecule has 0 saturated carbocycles. The van der Waals surface area contributed by atoms with E-state index in [9.17, 15) is 14.4 Å². The van der Waals surface area contributed by atoms with E-state index in [1.807, 2.05) is 26.0 Å². The van der Waals surface area contributed by atoms with Crippen LogP contribution in [-0.4, -0.2) is 46.4 Å². The van der Waals surface area contributed by atoms with Crippen molar-refractivity contribution in [2.24, 2.45) is 0 Å². The summed E-state index contributed by atoms with van der Waals surface area (Å²) in [6, 6.07) is 15.4. The lowest BCUT2D eigenvalue weighted by Crippen LogP contribution is -2.62. The SMILES string of the molecule is Cc1nc(-c2ccc(CCNC(=O)CCN3C(=O)c4ccccc4N4C(=O)CCC34C)cc2)cs1. The van der Waals surface area contributed by atoms with Gasteiger partial charge >= 0.3 is 0 Å². The van der Waals surface area contributed by atoms with Gasteiger partial charge < -0.3 is 10.2 Å². The van der Waals surface area contributed by atoms with E-state index in [4.69, 9.17) is 0 Å². The van der Waals surface area contributed by atoms with Crippen molar-refractivity contribution in [1.29, 1.82) is 0 Å². The maximum absolute atomic E-state index is 13.3. The molecule has 2 aliphatic rings. The minimum atomic E-state index is -0.736. The van der Waals surface area contributed by atoms with Gasteiger partial charge in [0.25, 0.3) is 5.91 Å². The van der Waals surface area contributed by atoms with E-state index < -0.39 is 5.66 Å². The molecule has 1 fully saturated rings. The molecule has 3 aromatic rings. The summed E-state index contributed by atoms with van der Waals surface area (Å²) in [7, 11) is 0. The van der Waals surface area contributed by atoms with Gasteiger partial charge in [-0.25, -0.2) is 4.98 Å². The third kappa shape index (κ3) is 4.34. The van der Waals surface area contributed by atoms with Gasteiger partial charge in [-0.1, -0.05) is 36.4 Å². The Morgan fingerprint density at radius 1 is 1.14 bits per heavy atom. The average molecular weight is 489 g/mol. The molecule has 0 bridgehead atoms. The van der Waals surface area contributed by atoms with Crippen LogP contribution in [0.15, 0.2) is 53.9 Å². The number of benzene rings is 2. The molecular weight excluding hydrogens is 460 g/mol. The van der Waals surface area contributed by atoms with Gasteiger partial charge in [-0.05, 0) is 44.4 Å². The predicted molar refractivity (Wildman–Crippen MR) is 136 cm³/mol. The van der Waals surface area contributed by atoms with Crippen molar-refractivity contribution in [3.63, 3.8) is 0 Å². The van der Waals surface area contributed by atoms with Crippen LogP contribution in [-0.2, 0) is 16.0 Å². The fraction of sp³-hybridized carbons (Fsp3) is 0.333. The van der Waals surface area contributed by atoms with Gasteiger partial charge in [-0.3, -0.25) is 19.3 Å². The number of hydrogen-bond donors (Lipinski definition) is 1. The third-order valence-electron chi connectivity index (χ3n) is 6.91. The van der Waals surface area contributed by atoms with Crippen molar-refractivity contribution >= 4 is 34.7 Å². The highest BCUT2D eigenvalue weighted by Gasteiger charge is 2.52. The van der Waals surface area contributed by atoms with Crippen LogP contribution in [0.2, 0.25) is 0 Å². The van der Waals surface area contributed by atoms with E-state index in [2.05, 4.69) is 39.9 Å². The van der Waals surface area contributed by atoms with Gasteiger partial charge in [0, 0.05) is 36.9 Å². The highest BCUT2D eigenvalue weighted by Crippen LogP contribution is 2.43. The molecule has 3 amide bonds. The van der Waals surface area contributed by atoms with Gasteiger partial charge in [0.15, 0.2) is 0 Å². The Labute approximate surface area is 208 Å². The van der Waals surface area contributed by atoms with Crippen LogP contribution in [0, 0.1) is 6.92 Å². The Morgan fingerprint density at radius 2 is 1.91 bits per heavy atom. The fourth-order valence-corrected chi connectivity index (χ4v) is 5.65. The van der Waals surface area contributed by atoms with Gasteiger partial charge in [0.1, 0.15) is 5.66 Å². The number of nitrogens with zero attached hydrogens (tertiary/aromatic N) is 3. The third-order valence-corrected chi connectivity index (χ3v) is 7.69. The Morgan fingerprint density at radius 3 is 2.66 bits per heavy atom. The van der Waals surface area contributed by atoms with Crippen LogP contribution < -0.4 is 10.2 Å². The van der Waals surface area contributed by atoms with Crippen LogP contribution in [0.1, 0.15) is 47.1 Å². The highest BCUT2D eigenvalue weighted by atomic mass is 32.1. The summed E-state index contributed by atoms with van der Waals surface area (Å²) in [6.45, 7) is 4.70. The van der Waals surface area contributed by atoms with E-state index in [1.165, 1.54) is 0 Å². The second kappa shape index (κ2) is 9.26. The second-order valence-corrected chi connectivity index (χ2v) is 10.3. The summed E-state index contributed by atoms with van der Waals surface area (Å²) in [6.07, 6.45) is 1.86. The molecule has 1 saturated heterocycles. The molecule has 5 rings (SSSR count). The van der Waals surface area contributed by atoms with Gasteiger partial charge in [-0.15, -0.1) is 11.3 Å². The lowest BCUT2D eigenvalue weighted by molar-refractivity contribution is -0.121. The first-order valence-electron chi connectivity index (χ1n) is 11.9. The number of aryl methyl sites for hydroxylation is 1. The molecule has 7 nitrogen and oxygen atoms in total. The number of para-hydroxylation sites is 1. The number of rotatable bonds is 7. The topological polar surface area (TPSA) is 82.6 Å². The smallest absolute Gasteiger partial charge is 0.257 e. The number of thiazole rings is 1. The fourth-order valence-electron chi connectivity index (χ4n) is 5.03. The summed E-state index contributed by atoms with van der Waals surface area (Å²) in [5.41, 5.74) is 3.65. The number of hydrogen-bond acceptors (Lipinski definition) is 5. The monoisotopic (exact) mass is 488 g/mol. The van der Waals surface area contributed by atoms with Crippen LogP contribution >= 0.6 is 11.3 Å². The summed E-state index contributed by atoms with van der Waals surface area (Å²) in [4.78, 5) is 46.5. The number of aromatic nitrogens is 1. The van der Waals surface area contributed by atoms with Crippen molar-refractivity contribution in [3.8, 4) is 11.3 Å². The molecule has 1 atom stereocenters. The van der Waals surface area contributed by atoms with E-state index in [1.54, 1.807) is 33.3 Å². The number of carbonyl (C=O) groups is 3. The first-order valence-corrected chi connectivity index (χ1v) is 12.8. The van der Waals surface area contributed by atoms with Crippen LogP contribution in [0.3, 0.4) is 0 Å². The summed E-state index contributed by atoms with van der Waals surface area (Å²) in [5.74, 6) is -0.221. The molecular formula is C27H28N4O3S. The predicted octanol–water partition coefficient (Wildman–Crippen LogP) is 4.17. The summed E-state index contributed by atoms with van der Waals surface area (Å²) in [5, 5.41) is 6.07. The number of carbonyl (C=O) groups excluding carboxylic acids is 3. The maximum Gasteiger partial charge on any atom is 0.257 e. The van der Waals surface area contributed by atoms with Crippen molar-refractivity contribution in [2.75, 3.05) is 18.0 Å². The quantitative estimate of drug-likeness (QED) is 0.541. The number of fused-ring (bicyclic) bond motifs is 3. The minimum Gasteiger partial charge on any atom is -0.356 e. The van der Waals surface area contributed by atoms with Crippen molar-refractivity contribution in [2.45, 2.75) is 45.2 Å². The Hall–Kier alpha value is -3.52. The lowest BCUT2D eigenvalue weighted by Gasteiger charge is -2.48. The number of nitrogens with one attached hydrogen (secondary N) is 1. The lowest BCUT2D eigenvalue weighted by atomic mass is 9.98. The van der Waals surface area contributed by atoms with E-state index in [0.29, 0.717) is 30.6 Å². The average Bonchev–Trinajstić information content (AvgIpc) is 3.42. The van der Waals surface area contributed by atoms with Crippen molar-refractivity contribution in [1.82, 2.24) is 15.2 Å². The molecule has 1 N–H and O–H groups in total. The summed E-state index contributed by atoms with van der Waals surface area (Å²) >= 11 is 1.63. The standard InChI is InChI=1S/C27H28N4O3S/c1-18-29-22(17-35-18)20-9-7-19(8-10-20)12-15-28-24(32)13-16-30-26(34)21-5-3-4-6-23(21)31-25(33)11-14-27(30,31)2/h3-10,17H,11-16H2,1-2H3,(H,28,32). The van der Waals surface area contributed by atoms with Gasteiger partial charge in [0.05, 0.1) is 22.0 Å². The Balaban J connectivity index is 1.17. The molecule has 3 heterocycles. The molecule has 2 aromatic carbocycles. The van der Waals surface area contributed by atoms with Crippen LogP contribution in [0.5, 0.6) is 0 Å². The Bertz CT molecular complexity index is 1290. The van der Waals surface area contributed by atoms with Gasteiger partial charge in [-0.2, -0.15) is 0 Å². The van der Waals surface area contributed by atoms with E-state index >= 15 is 0 Å². The molecule has 1 unspecified atom stereocenters. The normalized spacial score (nSPS) is 19.0. The summed E-state index contributed by atoms with van der Waals surface area (Å²) < 4.78 is 0. The number of anilines is 1. The molecule has 0 radical (unpaired) electrons. The first kappa shape index (κ1) is 23.2. The van der Waals surface area contributed by atoms with Crippen molar-refractivity contribution in [3.05, 3.63) is 70.0 Å². The molecule has 0 spiro atoms. The van der Waals surface area contributed by atoms with Crippen molar-refractivity contribution < 1.29 is 14.4 Å². The molecule has 35 heavy (non-hydrogen) atoms. The molecule has 2 aliphatic heterocycles. The zero-order valence-electron chi connectivity index (χ0n) is 19.9. The zero-order valence-corrected chi connectivity index (χ0v) is 20.7. The zero-order chi connectivity index (χ0) is 24.6. The van der Waals surface area contributed by atoms with Gasteiger partial charge in [0.2, 0.25) is 11.8 Å². The molecule has 1 aromatic heterocycles. The van der Waals surface area contributed by atoms with E-state index in [-0.39, 0.29) is 30.7 Å². The van der Waals surface area contributed by atoms with Crippen LogP contribution in [0.25, 0.3) is 11.3 Å². The maximum atomic E-state index is 13.3. The largest absolute Gasteiger partial charge is 0.356 e. The molecule has 180 valence electrons. The van der Waals surface area contributed by atoms with E-state index in [0.717, 1.165) is 28.2 Å². The molecule has 0 aliphatic carbocycles. The number of amides is 3. The second-order valence-electron chi connectivity index (χ2n) is 9.22. The minimum absolute atomic E-state index is 0.0119. The first-order chi connectivity index (χ1) is 16.9. The Kier molecular flexibility index (Phi) is 6.15. The van der Waals surface area contributed by atoms with Crippen LogP contribution in [0.4, 0.5) is 5.69 Å².